The van der Waals surface area contributed by atoms with Crippen molar-refractivity contribution in [3.63, 3.8) is 0 Å². The van der Waals surface area contributed by atoms with Crippen LogP contribution in [0, 0.1) is 0 Å². The zero-order chi connectivity index (χ0) is 12.6. The number of nitrogens with zero attached hydrogens (tertiary/aromatic N) is 1. The van der Waals surface area contributed by atoms with E-state index in [-0.39, 0.29) is 16.6 Å². The molecule has 0 spiro atoms. The van der Waals surface area contributed by atoms with Gasteiger partial charge in [-0.3, -0.25) is 0 Å². The second kappa shape index (κ2) is 4.34. The van der Waals surface area contributed by atoms with Crippen molar-refractivity contribution in [3.8, 4) is 0 Å². The predicted octanol–water partition coefficient (Wildman–Crippen LogP) is 3.71. The second-order valence-electron chi connectivity index (χ2n) is 4.17. The Kier molecular flexibility index (Phi) is 3.03. The smallest absolute Gasteiger partial charge is 0.339 e. The van der Waals surface area contributed by atoms with Crippen molar-refractivity contribution in [2.24, 2.45) is 0 Å². The topological polar surface area (TPSA) is 50.2 Å². The molecule has 0 saturated carbocycles. The van der Waals surface area contributed by atoms with Crippen molar-refractivity contribution in [3.05, 3.63) is 40.5 Å². The predicted molar refractivity (Wildman–Crippen MR) is 67.8 cm³/mol. The molecule has 0 unspecified atom stereocenters. The molecule has 0 aliphatic rings. The van der Waals surface area contributed by atoms with Crippen LogP contribution in [0.15, 0.2) is 24.3 Å². The Balaban J connectivity index is 2.93. The molecule has 0 atom stereocenters. The van der Waals surface area contributed by atoms with Crippen LogP contribution in [0.3, 0.4) is 0 Å². The molecule has 0 amide bonds. The molecule has 17 heavy (non-hydrogen) atoms. The summed E-state index contributed by atoms with van der Waals surface area (Å²) in [4.78, 5) is 15.4. The molecule has 4 heteroatoms. The van der Waals surface area contributed by atoms with Gasteiger partial charge in [0.15, 0.2) is 0 Å². The van der Waals surface area contributed by atoms with E-state index >= 15 is 0 Å². The van der Waals surface area contributed by atoms with Crippen LogP contribution in [0.25, 0.3) is 10.9 Å². The quantitative estimate of drug-likeness (QED) is 0.826. The Morgan fingerprint density at radius 1 is 1.35 bits per heavy atom. The third-order valence-corrected chi connectivity index (χ3v) is 2.95. The first-order valence-corrected chi connectivity index (χ1v) is 5.71. The number of carbonyl (C=O) groups is 1. The fourth-order valence-electron chi connectivity index (χ4n) is 2.01. The molecule has 0 aliphatic carbocycles. The van der Waals surface area contributed by atoms with Gasteiger partial charge >= 0.3 is 5.97 Å². The maximum Gasteiger partial charge on any atom is 0.339 e. The molecular formula is C13H12ClNO2. The largest absolute Gasteiger partial charge is 0.478 e. The van der Waals surface area contributed by atoms with Crippen LogP contribution in [-0.4, -0.2) is 16.1 Å². The fourth-order valence-corrected chi connectivity index (χ4v) is 2.28. The van der Waals surface area contributed by atoms with E-state index in [0.717, 1.165) is 16.5 Å². The van der Waals surface area contributed by atoms with Crippen LogP contribution in [-0.2, 0) is 0 Å². The van der Waals surface area contributed by atoms with Crippen LogP contribution in [0.2, 0.25) is 5.15 Å². The molecule has 3 nitrogen and oxygen atoms in total. The number of hydrogen-bond donors (Lipinski definition) is 1. The Bertz CT molecular complexity index is 593. The maximum absolute atomic E-state index is 11.3. The minimum Gasteiger partial charge on any atom is -0.478 e. The van der Waals surface area contributed by atoms with Crippen LogP contribution < -0.4 is 0 Å². The third kappa shape index (κ3) is 1.98. The Morgan fingerprint density at radius 3 is 2.59 bits per heavy atom. The normalized spacial score (nSPS) is 11.1. The van der Waals surface area contributed by atoms with E-state index in [9.17, 15) is 9.90 Å². The lowest BCUT2D eigenvalue weighted by molar-refractivity contribution is 0.0695. The summed E-state index contributed by atoms with van der Waals surface area (Å²) >= 11 is 5.96. The number of pyridine rings is 1. The lowest BCUT2D eigenvalue weighted by Crippen LogP contribution is -2.07. The number of para-hydroxylation sites is 1. The fraction of sp³-hybridized carbons (Fsp3) is 0.231. The summed E-state index contributed by atoms with van der Waals surface area (Å²) in [5.74, 6) is -0.955. The number of fused-ring (bicyclic) bond motifs is 1. The lowest BCUT2D eigenvalue weighted by atomic mass is 9.94. The van der Waals surface area contributed by atoms with Gasteiger partial charge in [0, 0.05) is 5.39 Å². The van der Waals surface area contributed by atoms with E-state index in [4.69, 9.17) is 11.6 Å². The van der Waals surface area contributed by atoms with Crippen molar-refractivity contribution >= 4 is 28.5 Å². The first-order chi connectivity index (χ1) is 8.02. The van der Waals surface area contributed by atoms with Gasteiger partial charge in [0.25, 0.3) is 0 Å². The molecule has 0 aliphatic heterocycles. The summed E-state index contributed by atoms with van der Waals surface area (Å²) in [6.07, 6.45) is 0. The van der Waals surface area contributed by atoms with Gasteiger partial charge in [-0.05, 0) is 17.5 Å². The lowest BCUT2D eigenvalue weighted by Gasteiger charge is -2.14. The number of benzene rings is 1. The third-order valence-electron chi connectivity index (χ3n) is 2.68. The average molecular weight is 250 g/mol. The molecule has 1 aromatic heterocycles. The molecule has 0 fully saturated rings. The van der Waals surface area contributed by atoms with E-state index in [1.54, 1.807) is 0 Å². The van der Waals surface area contributed by atoms with Gasteiger partial charge in [0.2, 0.25) is 0 Å². The zero-order valence-electron chi connectivity index (χ0n) is 9.57. The molecule has 0 saturated heterocycles. The van der Waals surface area contributed by atoms with Crippen LogP contribution >= 0.6 is 11.6 Å². The van der Waals surface area contributed by atoms with Crippen LogP contribution in [0.5, 0.6) is 0 Å². The zero-order valence-corrected chi connectivity index (χ0v) is 10.3. The number of halogens is 1. The highest BCUT2D eigenvalue weighted by atomic mass is 35.5. The molecule has 0 bridgehead atoms. The highest BCUT2D eigenvalue weighted by molar-refractivity contribution is 6.33. The highest BCUT2D eigenvalue weighted by Gasteiger charge is 2.21. The van der Waals surface area contributed by atoms with Gasteiger partial charge < -0.3 is 5.11 Å². The summed E-state index contributed by atoms with van der Waals surface area (Å²) in [5, 5.41) is 10.1. The molecule has 88 valence electrons. The second-order valence-corrected chi connectivity index (χ2v) is 4.53. The number of aromatic nitrogens is 1. The molecule has 2 aromatic rings. The van der Waals surface area contributed by atoms with E-state index in [1.807, 2.05) is 38.1 Å². The van der Waals surface area contributed by atoms with Gasteiger partial charge in [-0.1, -0.05) is 43.6 Å². The van der Waals surface area contributed by atoms with E-state index in [2.05, 4.69) is 4.98 Å². The number of aromatic carboxylic acids is 1. The van der Waals surface area contributed by atoms with Crippen molar-refractivity contribution in [1.29, 1.82) is 0 Å². The summed E-state index contributed by atoms with van der Waals surface area (Å²) in [6, 6.07) is 7.44. The number of carboxylic acids is 1. The minimum atomic E-state index is -1.03. The van der Waals surface area contributed by atoms with Crippen molar-refractivity contribution < 1.29 is 9.90 Å². The Hall–Kier alpha value is -1.61. The monoisotopic (exact) mass is 249 g/mol. The molecular weight excluding hydrogens is 238 g/mol. The molecule has 1 N–H and O–H groups in total. The summed E-state index contributed by atoms with van der Waals surface area (Å²) < 4.78 is 0. The average Bonchev–Trinajstić information content (AvgIpc) is 2.26. The van der Waals surface area contributed by atoms with Gasteiger partial charge in [0.05, 0.1) is 5.52 Å². The van der Waals surface area contributed by atoms with E-state index in [0.29, 0.717) is 0 Å². The number of carboxylic acid groups (broad SMARTS) is 1. The summed E-state index contributed by atoms with van der Waals surface area (Å²) in [6.45, 7) is 3.90. The van der Waals surface area contributed by atoms with E-state index in [1.165, 1.54) is 0 Å². The summed E-state index contributed by atoms with van der Waals surface area (Å²) in [7, 11) is 0. The van der Waals surface area contributed by atoms with Gasteiger partial charge in [-0.2, -0.15) is 0 Å². The molecule has 2 rings (SSSR count). The molecule has 0 radical (unpaired) electrons. The maximum atomic E-state index is 11.3. The number of rotatable bonds is 2. The van der Waals surface area contributed by atoms with Crippen molar-refractivity contribution in [1.82, 2.24) is 4.98 Å². The number of hydrogen-bond acceptors (Lipinski definition) is 2. The first-order valence-electron chi connectivity index (χ1n) is 5.33. The van der Waals surface area contributed by atoms with Gasteiger partial charge in [-0.15, -0.1) is 0 Å². The van der Waals surface area contributed by atoms with Crippen molar-refractivity contribution in [2.75, 3.05) is 0 Å². The Morgan fingerprint density at radius 2 is 2.00 bits per heavy atom. The van der Waals surface area contributed by atoms with E-state index < -0.39 is 5.97 Å². The van der Waals surface area contributed by atoms with Crippen LogP contribution in [0.1, 0.15) is 35.7 Å². The van der Waals surface area contributed by atoms with Crippen molar-refractivity contribution in [2.45, 2.75) is 19.8 Å². The van der Waals surface area contributed by atoms with Gasteiger partial charge in [0.1, 0.15) is 10.7 Å². The standard InChI is InChI=1S/C13H12ClNO2/c1-7(2)10-8-5-3-4-6-9(8)15-12(14)11(10)13(16)17/h3-7H,1-2H3,(H,16,17). The van der Waals surface area contributed by atoms with Crippen LogP contribution in [0.4, 0.5) is 0 Å². The summed E-state index contributed by atoms with van der Waals surface area (Å²) in [5.41, 5.74) is 1.58. The molecule has 1 aromatic carbocycles. The minimum absolute atomic E-state index is 0.0555. The molecule has 1 heterocycles. The SMILES string of the molecule is CC(C)c1c(C(=O)O)c(Cl)nc2ccccc12. The Labute approximate surface area is 104 Å². The first kappa shape index (κ1) is 11.9. The van der Waals surface area contributed by atoms with Gasteiger partial charge in [-0.25, -0.2) is 9.78 Å². The highest BCUT2D eigenvalue weighted by Crippen LogP contribution is 2.31.